The van der Waals surface area contributed by atoms with E-state index < -0.39 is 22.1 Å². The van der Waals surface area contributed by atoms with Crippen LogP contribution < -0.4 is 22.6 Å². The van der Waals surface area contributed by atoms with Crippen LogP contribution in [0, 0.1) is 86.3 Å². The molecule has 10 saturated carbocycles. The molecule has 0 saturated heterocycles. The fourth-order valence-corrected chi connectivity index (χ4v) is 38.3. The lowest BCUT2D eigenvalue weighted by Gasteiger charge is -2.48. The van der Waals surface area contributed by atoms with Crippen LogP contribution in [0.4, 0.5) is 0 Å². The molecular weight excluding hydrogens is 1410 g/mol. The van der Waals surface area contributed by atoms with Crippen LogP contribution in [0.25, 0.3) is 0 Å². The first-order valence-electron chi connectivity index (χ1n) is 41.9. The van der Waals surface area contributed by atoms with Crippen molar-refractivity contribution >= 4 is 62.3 Å². The van der Waals surface area contributed by atoms with Crippen LogP contribution in [0.15, 0.2) is 105 Å². The average molecular weight is 1520 g/mol. The van der Waals surface area contributed by atoms with E-state index in [-0.39, 0.29) is 27.1 Å². The number of fused-ring (bicyclic) bond motifs is 25. The van der Waals surface area contributed by atoms with Gasteiger partial charge in [-0.05, 0) is 377 Å². The molecule has 0 amide bonds. The van der Waals surface area contributed by atoms with E-state index in [0.29, 0.717) is 179 Å². The smallest absolute Gasteiger partial charge is 0.431 e. The highest BCUT2D eigenvalue weighted by molar-refractivity contribution is 7.94. The maximum atomic E-state index is 13.6. The van der Waals surface area contributed by atoms with Gasteiger partial charge in [-0.25, -0.2) is 0 Å². The van der Waals surface area contributed by atoms with Crippen molar-refractivity contribution in [1.82, 2.24) is 0 Å². The van der Waals surface area contributed by atoms with Gasteiger partial charge in [-0.2, -0.15) is 0 Å². The van der Waals surface area contributed by atoms with Crippen LogP contribution in [0.1, 0.15) is 280 Å². The number of hydrogen-bond acceptors (Lipinski definition) is 13. The molecule has 1 unspecified atom stereocenters. The first-order valence-corrected chi connectivity index (χ1v) is 47.5. The lowest BCUT2D eigenvalue weighted by Crippen LogP contribution is -2.42. The van der Waals surface area contributed by atoms with Crippen molar-refractivity contribution in [2.45, 2.75) is 257 Å². The highest BCUT2D eigenvalue weighted by Gasteiger charge is 2.61. The van der Waals surface area contributed by atoms with Gasteiger partial charge in [0.15, 0.2) is 0 Å². The van der Waals surface area contributed by atoms with Gasteiger partial charge in [0.25, 0.3) is 0 Å². The lowest BCUT2D eigenvalue weighted by atomic mass is 9.55. The molecule has 0 bridgehead atoms. The van der Waals surface area contributed by atoms with E-state index in [2.05, 4.69) is 126 Å². The van der Waals surface area contributed by atoms with Gasteiger partial charge in [-0.15, -0.1) is 9.03 Å². The van der Waals surface area contributed by atoms with Crippen molar-refractivity contribution in [3.8, 4) is 28.7 Å². The van der Waals surface area contributed by atoms with Crippen LogP contribution in [0.5, 0.6) is 28.7 Å². The molecule has 15 aliphatic carbocycles. The number of ketones is 5. The molecule has 107 heavy (non-hydrogen) atoms. The van der Waals surface area contributed by atoms with Crippen molar-refractivity contribution in [2.24, 2.45) is 99.8 Å². The van der Waals surface area contributed by atoms with Crippen LogP contribution >= 0.6 is 33.3 Å². The fourth-order valence-electron chi connectivity index (χ4n) is 28.3. The second kappa shape index (κ2) is 24.7. The number of rotatable bonds is 10. The summed E-state index contributed by atoms with van der Waals surface area (Å²) in [7, 11) is -8.56. The highest BCUT2D eigenvalue weighted by Crippen LogP contribution is 2.81. The van der Waals surface area contributed by atoms with Gasteiger partial charge in [0, 0.05) is 59.2 Å². The summed E-state index contributed by atoms with van der Waals surface area (Å²) in [5, 5.41) is 0. The summed E-state index contributed by atoms with van der Waals surface area (Å²) in [6.45, 7) is 7.07. The van der Waals surface area contributed by atoms with E-state index in [1.807, 2.05) is 0 Å². The van der Waals surface area contributed by atoms with E-state index >= 15 is 0 Å². The molecule has 21 rings (SSSR count). The normalized spacial score (nSPS) is 40.8. The second-order valence-corrected chi connectivity index (χ2v) is 45.4. The number of halogens is 1. The Labute approximate surface area is 637 Å². The molecule has 0 radical (unpaired) electrons. The summed E-state index contributed by atoms with van der Waals surface area (Å²) in [6.07, 6.45) is 26.9. The SMILES string of the molecule is C[C@]12CC[C@@H]3c4ccc(OP5(Cl)=NP(Oc6ccc7c(c6)CC[C@@H]6[C@@H]7CC[C@]7(C)C(=O)CC[C@@H]67)(Oc6ccc7c(c6)CC[C@@H]6[C@@H]7CC[C@]7(C)C(=O)CC[C@@H]67)=NP(Oc6ccc7c(c6)CC[C@@H]6[C@@H]7CC[C@]7(C)C(=O)CC[C@@H]67)(Oc6ccc7c(c6)CC[C@@H]6[C@@H]7CC[C@]7(C)C(=O)CC[C@@H]67)=N5)cc4CC[C@H]3[C@@H]1CCC2=O. The summed E-state index contributed by atoms with van der Waals surface area (Å²) in [6, 6.07) is 32.6. The summed E-state index contributed by atoms with van der Waals surface area (Å²) in [5.74, 6) is 10.7. The number of aryl methyl sites for hydroxylation is 5. The molecule has 0 N–H and O–H groups in total. The predicted octanol–water partition coefficient (Wildman–Crippen LogP) is 23.6. The summed E-state index contributed by atoms with van der Waals surface area (Å²) in [5.41, 5.74) is 11.5. The molecule has 1 heterocycles. The third kappa shape index (κ3) is 10.6. The van der Waals surface area contributed by atoms with Crippen molar-refractivity contribution < 1.29 is 46.6 Å². The Morgan fingerprint density at radius 3 is 0.757 bits per heavy atom. The summed E-state index contributed by atoms with van der Waals surface area (Å²) >= 11 is 8.56. The summed E-state index contributed by atoms with van der Waals surface area (Å²) < 4.78 is 56.0. The average Bonchev–Trinajstić information content (AvgIpc) is 1.71. The monoisotopic (exact) mass is 1520 g/mol. The van der Waals surface area contributed by atoms with Crippen LogP contribution in [-0.2, 0) is 56.1 Å². The quantitative estimate of drug-likeness (QED) is 0.123. The number of hydrogen-bond donors (Lipinski definition) is 0. The lowest BCUT2D eigenvalue weighted by molar-refractivity contribution is -0.130. The topological polar surface area (TPSA) is 169 Å². The van der Waals surface area contributed by atoms with Gasteiger partial charge in [0.2, 0.25) is 0 Å². The number of carbonyl (C=O) groups excluding carboxylic acids is 5. The molecule has 5 aromatic carbocycles. The Kier molecular flexibility index (Phi) is 16.0. The zero-order valence-electron chi connectivity index (χ0n) is 63.2. The van der Waals surface area contributed by atoms with Crippen molar-refractivity contribution in [2.75, 3.05) is 0 Å². The molecule has 0 spiro atoms. The van der Waals surface area contributed by atoms with Crippen LogP contribution in [0.3, 0.4) is 0 Å². The molecule has 16 aliphatic rings. The molecule has 0 aromatic heterocycles. The predicted molar refractivity (Wildman–Crippen MR) is 417 cm³/mol. The van der Waals surface area contributed by atoms with Gasteiger partial charge in [0.05, 0.1) is 0 Å². The van der Waals surface area contributed by atoms with Gasteiger partial charge >= 0.3 is 22.1 Å². The minimum atomic E-state index is -4.28. The second-order valence-electron chi connectivity index (χ2n) is 38.1. The Morgan fingerprint density at radius 2 is 0.514 bits per heavy atom. The molecule has 1 aliphatic heterocycles. The first kappa shape index (κ1) is 69.4. The Bertz CT molecular complexity index is 4450. The van der Waals surface area contributed by atoms with Crippen LogP contribution in [0.2, 0.25) is 0 Å². The van der Waals surface area contributed by atoms with Gasteiger partial charge < -0.3 is 22.6 Å². The fraction of sp³-hybridized carbons (Fsp3) is 0.611. The van der Waals surface area contributed by atoms with Gasteiger partial charge in [-0.1, -0.05) is 69.5 Å². The minimum Gasteiger partial charge on any atom is -0.431 e. The third-order valence-corrected chi connectivity index (χ3v) is 42.9. The number of nitrogens with zero attached hydrogens (tertiary/aromatic N) is 3. The van der Waals surface area contributed by atoms with Gasteiger partial charge in [-0.3, -0.25) is 24.0 Å². The van der Waals surface area contributed by atoms with Crippen molar-refractivity contribution in [3.63, 3.8) is 0 Å². The number of carbonyl (C=O) groups is 5. The number of Topliss-reactive ketones (excluding diaryl/α,β-unsaturated/α-hetero) is 5. The van der Waals surface area contributed by atoms with E-state index in [9.17, 15) is 24.0 Å². The zero-order valence-corrected chi connectivity index (χ0v) is 66.6. The maximum absolute atomic E-state index is 13.6. The molecule has 10 fully saturated rings. The zero-order chi connectivity index (χ0) is 72.7. The van der Waals surface area contributed by atoms with E-state index in [4.69, 9.17) is 47.4 Å². The largest absolute Gasteiger partial charge is 0.459 e. The first-order chi connectivity index (χ1) is 51.5. The standard InChI is InChI=1S/C90H105ClN3O10P3/c1-86-41-36-66-61-21-11-56(46-51(61)6-16-71(66)76(86)26-31-81(86)95)100-105(91)92-106(101-57-12-22-62-52(47-57)7-17-72-67(62)37-42-87(2)77(72)27-32-82(87)96,102-58-13-23-63-53(48-58)8-18-73-68(63)38-43-88(3)78(73)28-33-83(88)97)94-107(93-105,103-59-14-24-64-54(49-59)9-19-74-69(64)39-44-89(4)79(74)29-34-84(89)98)104-60-15-25-65-55(50-60)10-20-75-70(65)40-45-90(5)80(75)30-35-85(90)99/h11-15,21-25,46-50,66-80H,6-10,16-20,26-45H2,1-5H3/t66-,67-,68-,69-,70-,71-,72-,73-,74-,75-,76+,77+,78+,79+,80+,86+,87+,88+,89+,90+/m1/s1. The van der Waals surface area contributed by atoms with Crippen molar-refractivity contribution in [1.29, 1.82) is 0 Å². The number of benzene rings is 5. The Balaban J connectivity index is 0.725. The van der Waals surface area contributed by atoms with E-state index in [1.54, 1.807) is 0 Å². The molecule has 13 nitrogen and oxygen atoms in total. The minimum absolute atomic E-state index is 0.238. The molecule has 562 valence electrons. The third-order valence-electron chi connectivity index (χ3n) is 33.8. The van der Waals surface area contributed by atoms with E-state index in [0.717, 1.165) is 161 Å². The Hall–Kier alpha value is -5.57. The maximum Gasteiger partial charge on any atom is 0.459 e. The highest BCUT2D eigenvalue weighted by atomic mass is 35.7. The molecule has 5 aromatic rings. The van der Waals surface area contributed by atoms with Gasteiger partial charge in [0.1, 0.15) is 57.7 Å². The molecular formula is C90H105ClN3O10P3. The van der Waals surface area contributed by atoms with Crippen LogP contribution in [-0.4, -0.2) is 28.9 Å². The Morgan fingerprint density at radius 1 is 0.290 bits per heavy atom. The van der Waals surface area contributed by atoms with E-state index in [1.165, 1.54) is 55.6 Å². The van der Waals surface area contributed by atoms with Crippen molar-refractivity contribution in [3.05, 3.63) is 147 Å². The molecule has 21 atom stereocenters. The summed E-state index contributed by atoms with van der Waals surface area (Å²) in [4.78, 5) is 67.8. The molecule has 17 heteroatoms.